The molecule has 2 unspecified atom stereocenters. The highest BCUT2D eigenvalue weighted by molar-refractivity contribution is 5.16. The summed E-state index contributed by atoms with van der Waals surface area (Å²) in [6.07, 6.45) is -8.31. The summed E-state index contributed by atoms with van der Waals surface area (Å²) in [5.74, 6) is -2.04. The maximum Gasteiger partial charge on any atom is 0.403 e. The Morgan fingerprint density at radius 3 is 1.62 bits per heavy atom. The van der Waals surface area contributed by atoms with Gasteiger partial charge in [0.1, 0.15) is 0 Å². The van der Waals surface area contributed by atoms with Crippen molar-refractivity contribution in [1.29, 1.82) is 0 Å². The standard InChI is InChI=1S/C10H10F6/c11-9(12,13)8(10(14,15)16)5-6-1-3-7(8)4-2-6/h1,3,6-7H,2,4-5H2. The van der Waals surface area contributed by atoms with Crippen LogP contribution in [0.3, 0.4) is 0 Å². The van der Waals surface area contributed by atoms with Gasteiger partial charge in [-0.3, -0.25) is 0 Å². The van der Waals surface area contributed by atoms with E-state index in [1.165, 1.54) is 6.08 Å². The van der Waals surface area contributed by atoms with Crippen LogP contribution in [-0.4, -0.2) is 12.4 Å². The second kappa shape index (κ2) is 3.17. The van der Waals surface area contributed by atoms with E-state index in [9.17, 15) is 26.3 Å². The first-order chi connectivity index (χ1) is 7.18. The summed E-state index contributed by atoms with van der Waals surface area (Å²) in [7, 11) is 0. The third kappa shape index (κ3) is 1.38. The Bertz CT molecular complexity index is 296. The molecule has 1 saturated carbocycles. The van der Waals surface area contributed by atoms with Crippen LogP contribution in [-0.2, 0) is 0 Å². The first-order valence-corrected chi connectivity index (χ1v) is 5.00. The number of alkyl halides is 6. The molecule has 0 heterocycles. The smallest absolute Gasteiger partial charge is 0.170 e. The zero-order chi connectivity index (χ0) is 12.2. The average molecular weight is 244 g/mol. The van der Waals surface area contributed by atoms with E-state index < -0.39 is 36.0 Å². The maximum absolute atomic E-state index is 12.8. The molecular formula is C10H10F6. The van der Waals surface area contributed by atoms with Crippen LogP contribution in [0.5, 0.6) is 0 Å². The molecule has 0 aliphatic heterocycles. The van der Waals surface area contributed by atoms with E-state index >= 15 is 0 Å². The van der Waals surface area contributed by atoms with Gasteiger partial charge in [0.2, 0.25) is 0 Å². The van der Waals surface area contributed by atoms with Gasteiger partial charge in [-0.2, -0.15) is 26.3 Å². The number of allylic oxidation sites excluding steroid dienone is 2. The number of rotatable bonds is 0. The van der Waals surface area contributed by atoms with E-state index in [1.807, 2.05) is 0 Å². The molecule has 0 aromatic heterocycles. The summed E-state index contributed by atoms with van der Waals surface area (Å²) < 4.78 is 76.8. The van der Waals surface area contributed by atoms with E-state index in [0.29, 0.717) is 6.42 Å². The molecule has 3 aliphatic rings. The van der Waals surface area contributed by atoms with Crippen molar-refractivity contribution in [2.24, 2.45) is 17.3 Å². The molecule has 3 rings (SSSR count). The molecule has 0 aromatic carbocycles. The Kier molecular flexibility index (Phi) is 2.34. The van der Waals surface area contributed by atoms with E-state index in [0.717, 1.165) is 6.08 Å². The molecule has 2 atom stereocenters. The van der Waals surface area contributed by atoms with Gasteiger partial charge in [0.25, 0.3) is 0 Å². The van der Waals surface area contributed by atoms with Crippen molar-refractivity contribution in [3.05, 3.63) is 12.2 Å². The van der Waals surface area contributed by atoms with Gasteiger partial charge in [-0.15, -0.1) is 0 Å². The Balaban J connectivity index is 2.50. The summed E-state index contributed by atoms with van der Waals surface area (Å²) in [6.45, 7) is 0. The predicted molar refractivity (Wildman–Crippen MR) is 44.5 cm³/mol. The second-order valence-corrected chi connectivity index (χ2v) is 4.50. The molecule has 2 bridgehead atoms. The van der Waals surface area contributed by atoms with Crippen molar-refractivity contribution in [2.75, 3.05) is 0 Å². The predicted octanol–water partition coefficient (Wildman–Crippen LogP) is 4.08. The molecule has 3 aliphatic carbocycles. The largest absolute Gasteiger partial charge is 0.403 e. The molecule has 0 radical (unpaired) electrons. The number of halogens is 6. The molecule has 0 nitrogen and oxygen atoms in total. The van der Waals surface area contributed by atoms with Crippen molar-refractivity contribution >= 4 is 0 Å². The highest BCUT2D eigenvalue weighted by Gasteiger charge is 2.74. The minimum Gasteiger partial charge on any atom is -0.170 e. The first-order valence-electron chi connectivity index (χ1n) is 5.00. The fourth-order valence-electron chi connectivity index (χ4n) is 2.84. The number of hydrogen-bond donors (Lipinski definition) is 0. The van der Waals surface area contributed by atoms with Crippen molar-refractivity contribution in [3.8, 4) is 0 Å². The van der Waals surface area contributed by atoms with Gasteiger partial charge >= 0.3 is 12.4 Å². The highest BCUT2D eigenvalue weighted by atomic mass is 19.4. The van der Waals surface area contributed by atoms with Crippen LogP contribution in [0, 0.1) is 17.3 Å². The van der Waals surface area contributed by atoms with Crippen molar-refractivity contribution in [3.63, 3.8) is 0 Å². The van der Waals surface area contributed by atoms with Crippen molar-refractivity contribution < 1.29 is 26.3 Å². The monoisotopic (exact) mass is 244 g/mol. The van der Waals surface area contributed by atoms with Crippen LogP contribution in [0.2, 0.25) is 0 Å². The van der Waals surface area contributed by atoms with E-state index in [1.54, 1.807) is 0 Å². The van der Waals surface area contributed by atoms with Crippen LogP contribution >= 0.6 is 0 Å². The van der Waals surface area contributed by atoms with Crippen LogP contribution in [0.25, 0.3) is 0 Å². The van der Waals surface area contributed by atoms with Crippen molar-refractivity contribution in [2.45, 2.75) is 31.6 Å². The van der Waals surface area contributed by atoms with Gasteiger partial charge in [0, 0.05) is 0 Å². The quantitative estimate of drug-likeness (QED) is 0.445. The fraction of sp³-hybridized carbons (Fsp3) is 0.800. The summed E-state index contributed by atoms with van der Waals surface area (Å²) in [6, 6.07) is 0. The average Bonchev–Trinajstić information content (AvgIpc) is 2.16. The minimum absolute atomic E-state index is 0.0276. The number of fused-ring (bicyclic) bond motifs is 2. The molecule has 0 amide bonds. The Morgan fingerprint density at radius 2 is 1.44 bits per heavy atom. The summed E-state index contributed by atoms with van der Waals surface area (Å²) in [5, 5.41) is 0. The third-order valence-corrected chi connectivity index (χ3v) is 3.69. The number of hydrogen-bond acceptors (Lipinski definition) is 0. The molecule has 0 aromatic rings. The Morgan fingerprint density at radius 1 is 0.875 bits per heavy atom. The first kappa shape index (κ1) is 11.8. The molecular weight excluding hydrogens is 234 g/mol. The van der Waals surface area contributed by atoms with Gasteiger partial charge in [0.15, 0.2) is 5.41 Å². The molecule has 0 saturated heterocycles. The van der Waals surface area contributed by atoms with Crippen LogP contribution in [0.15, 0.2) is 12.2 Å². The SMILES string of the molecule is FC(F)(F)C1(C(F)(F)F)CC2C=CC1CC2. The highest BCUT2D eigenvalue weighted by Crippen LogP contribution is 2.64. The summed E-state index contributed by atoms with van der Waals surface area (Å²) in [4.78, 5) is 0. The van der Waals surface area contributed by atoms with Gasteiger partial charge in [-0.05, 0) is 31.1 Å². The molecule has 6 heteroatoms. The van der Waals surface area contributed by atoms with Gasteiger partial charge < -0.3 is 0 Å². The summed E-state index contributed by atoms with van der Waals surface area (Å²) >= 11 is 0. The fourth-order valence-corrected chi connectivity index (χ4v) is 2.84. The maximum atomic E-state index is 12.8. The zero-order valence-corrected chi connectivity index (χ0v) is 8.20. The molecule has 16 heavy (non-hydrogen) atoms. The molecule has 1 fully saturated rings. The lowest BCUT2D eigenvalue weighted by Crippen LogP contribution is -2.58. The van der Waals surface area contributed by atoms with Crippen LogP contribution in [0.4, 0.5) is 26.3 Å². The lowest BCUT2D eigenvalue weighted by Gasteiger charge is -2.49. The topological polar surface area (TPSA) is 0 Å². The van der Waals surface area contributed by atoms with Gasteiger partial charge in [-0.1, -0.05) is 12.2 Å². The summed E-state index contributed by atoms with van der Waals surface area (Å²) in [5.41, 5.74) is -3.52. The van der Waals surface area contributed by atoms with Crippen molar-refractivity contribution in [1.82, 2.24) is 0 Å². The zero-order valence-electron chi connectivity index (χ0n) is 8.20. The molecule has 0 N–H and O–H groups in total. The Hall–Kier alpha value is -0.680. The Labute approximate surface area is 88.3 Å². The third-order valence-electron chi connectivity index (χ3n) is 3.69. The van der Waals surface area contributed by atoms with E-state index in [2.05, 4.69) is 0 Å². The molecule has 0 spiro atoms. The lowest BCUT2D eigenvalue weighted by atomic mass is 9.58. The van der Waals surface area contributed by atoms with E-state index in [4.69, 9.17) is 0 Å². The lowest BCUT2D eigenvalue weighted by molar-refractivity contribution is -0.365. The van der Waals surface area contributed by atoms with E-state index in [-0.39, 0.29) is 6.42 Å². The van der Waals surface area contributed by atoms with Gasteiger partial charge in [0.05, 0.1) is 0 Å². The second-order valence-electron chi connectivity index (χ2n) is 4.50. The van der Waals surface area contributed by atoms with Crippen LogP contribution < -0.4 is 0 Å². The molecule has 92 valence electrons. The minimum atomic E-state index is -5.22. The van der Waals surface area contributed by atoms with Gasteiger partial charge in [-0.25, -0.2) is 0 Å². The van der Waals surface area contributed by atoms with Crippen LogP contribution in [0.1, 0.15) is 19.3 Å². The normalized spacial score (nSPS) is 33.1.